The molecule has 2 aromatic carbocycles. The number of carbonyl (C=O) groups excluding carboxylic acids is 2. The third-order valence-electron chi connectivity index (χ3n) is 3.95. The summed E-state index contributed by atoms with van der Waals surface area (Å²) in [5.41, 5.74) is 2.76. The van der Waals surface area contributed by atoms with Crippen LogP contribution in [0.15, 0.2) is 72.8 Å². The maximum absolute atomic E-state index is 12.1. The van der Waals surface area contributed by atoms with Gasteiger partial charge in [0, 0.05) is 28.6 Å². The number of thiophene rings is 1. The molecule has 0 unspecified atom stereocenters. The van der Waals surface area contributed by atoms with Gasteiger partial charge >= 0.3 is 0 Å². The van der Waals surface area contributed by atoms with Gasteiger partial charge in [-0.1, -0.05) is 42.5 Å². The Morgan fingerprint density at radius 2 is 1.70 bits per heavy atom. The normalized spacial score (nSPS) is 10.7. The van der Waals surface area contributed by atoms with Crippen LogP contribution in [0.2, 0.25) is 0 Å². The molecule has 5 heteroatoms. The van der Waals surface area contributed by atoms with Crippen LogP contribution in [0, 0.1) is 0 Å². The van der Waals surface area contributed by atoms with E-state index in [0.717, 1.165) is 10.4 Å². The summed E-state index contributed by atoms with van der Waals surface area (Å²) in [5, 5.41) is 5.41. The summed E-state index contributed by atoms with van der Waals surface area (Å²) in [5.74, 6) is -0.232. The van der Waals surface area contributed by atoms with E-state index in [0.29, 0.717) is 12.1 Å². The lowest BCUT2D eigenvalue weighted by Crippen LogP contribution is -2.19. The van der Waals surface area contributed by atoms with Crippen LogP contribution in [0.3, 0.4) is 0 Å². The average Bonchev–Trinajstić information content (AvgIpc) is 3.17. The fourth-order valence-electron chi connectivity index (χ4n) is 2.52. The van der Waals surface area contributed by atoms with Crippen molar-refractivity contribution >= 4 is 34.9 Å². The van der Waals surface area contributed by atoms with E-state index < -0.39 is 0 Å². The van der Waals surface area contributed by atoms with Crippen molar-refractivity contribution in [2.24, 2.45) is 0 Å². The molecule has 0 saturated carbocycles. The zero-order chi connectivity index (χ0) is 19.1. The van der Waals surface area contributed by atoms with Gasteiger partial charge in [0.25, 0.3) is 0 Å². The molecule has 1 aromatic heterocycles. The number of nitrogens with one attached hydrogen (secondary N) is 2. The summed E-state index contributed by atoms with van der Waals surface area (Å²) < 4.78 is 0. The highest BCUT2D eigenvalue weighted by Crippen LogP contribution is 2.28. The molecule has 1 heterocycles. The minimum atomic E-state index is -0.191. The Balaban J connectivity index is 1.57. The van der Waals surface area contributed by atoms with E-state index in [1.807, 2.05) is 42.5 Å². The molecular formula is C22H20N2O2S. The molecule has 0 aliphatic rings. The third-order valence-corrected chi connectivity index (χ3v) is 5.05. The highest BCUT2D eigenvalue weighted by Gasteiger charge is 2.03. The molecule has 3 aromatic rings. The zero-order valence-electron chi connectivity index (χ0n) is 14.9. The quantitative estimate of drug-likeness (QED) is 0.628. The van der Waals surface area contributed by atoms with Crippen LogP contribution in [0.5, 0.6) is 0 Å². The monoisotopic (exact) mass is 376 g/mol. The number of rotatable bonds is 6. The predicted octanol–water partition coefficient (Wildman–Crippen LogP) is 4.36. The van der Waals surface area contributed by atoms with Crippen LogP contribution in [0.4, 0.5) is 5.69 Å². The summed E-state index contributed by atoms with van der Waals surface area (Å²) in [7, 11) is 1.61. The topological polar surface area (TPSA) is 58.2 Å². The molecule has 0 radical (unpaired) electrons. The van der Waals surface area contributed by atoms with Gasteiger partial charge in [0.15, 0.2) is 0 Å². The molecule has 0 atom stereocenters. The fraction of sp³-hybridized carbons (Fsp3) is 0.0909. The number of anilines is 1. The van der Waals surface area contributed by atoms with Gasteiger partial charge in [0.1, 0.15) is 0 Å². The first-order valence-electron chi connectivity index (χ1n) is 8.58. The third kappa shape index (κ3) is 5.39. The van der Waals surface area contributed by atoms with Crippen LogP contribution in [-0.4, -0.2) is 18.9 Å². The van der Waals surface area contributed by atoms with Gasteiger partial charge in [-0.3, -0.25) is 9.59 Å². The second-order valence-corrected chi connectivity index (χ2v) is 7.05. The lowest BCUT2D eigenvalue weighted by Gasteiger charge is -2.04. The SMILES string of the molecule is CNC(=O)Cc1ccc(NC(=O)/C=C/c2ccc(-c3ccccc3)s2)cc1. The molecule has 0 saturated heterocycles. The van der Waals surface area contributed by atoms with Gasteiger partial charge in [-0.25, -0.2) is 0 Å². The second kappa shape index (κ2) is 8.96. The fourth-order valence-corrected chi connectivity index (χ4v) is 3.44. The summed E-state index contributed by atoms with van der Waals surface area (Å²) in [6, 6.07) is 21.5. The largest absolute Gasteiger partial charge is 0.359 e. The molecular weight excluding hydrogens is 356 g/mol. The van der Waals surface area contributed by atoms with Gasteiger partial charge in [-0.2, -0.15) is 0 Å². The average molecular weight is 376 g/mol. The Morgan fingerprint density at radius 1 is 0.963 bits per heavy atom. The van der Waals surface area contributed by atoms with Gasteiger partial charge < -0.3 is 10.6 Å². The molecule has 2 amide bonds. The highest BCUT2D eigenvalue weighted by atomic mass is 32.1. The summed E-state index contributed by atoms with van der Waals surface area (Å²) in [6.07, 6.45) is 3.66. The molecule has 0 spiro atoms. The molecule has 2 N–H and O–H groups in total. The van der Waals surface area contributed by atoms with Crippen molar-refractivity contribution in [2.45, 2.75) is 6.42 Å². The Labute approximate surface area is 162 Å². The first-order valence-corrected chi connectivity index (χ1v) is 9.39. The van der Waals surface area contributed by atoms with E-state index in [1.54, 1.807) is 30.5 Å². The minimum Gasteiger partial charge on any atom is -0.359 e. The summed E-state index contributed by atoms with van der Waals surface area (Å²) >= 11 is 1.64. The summed E-state index contributed by atoms with van der Waals surface area (Å²) in [4.78, 5) is 25.7. The van der Waals surface area contributed by atoms with Crippen LogP contribution in [0.1, 0.15) is 10.4 Å². The lowest BCUT2D eigenvalue weighted by molar-refractivity contribution is -0.120. The first-order chi connectivity index (χ1) is 13.1. The van der Waals surface area contributed by atoms with Crippen LogP contribution < -0.4 is 10.6 Å². The molecule has 27 heavy (non-hydrogen) atoms. The number of benzene rings is 2. The maximum Gasteiger partial charge on any atom is 0.248 e. The minimum absolute atomic E-state index is 0.0412. The Morgan fingerprint density at radius 3 is 2.41 bits per heavy atom. The number of likely N-dealkylation sites (N-methyl/N-ethyl adjacent to an activating group) is 1. The molecule has 0 fully saturated rings. The number of carbonyl (C=O) groups is 2. The summed E-state index contributed by atoms with van der Waals surface area (Å²) in [6.45, 7) is 0. The molecule has 3 rings (SSSR count). The van der Waals surface area contributed by atoms with Crippen molar-refractivity contribution in [1.29, 1.82) is 0 Å². The van der Waals surface area contributed by atoms with Crippen LogP contribution in [0.25, 0.3) is 16.5 Å². The highest BCUT2D eigenvalue weighted by molar-refractivity contribution is 7.16. The van der Waals surface area contributed by atoms with E-state index in [2.05, 4.69) is 28.8 Å². The van der Waals surface area contributed by atoms with Gasteiger partial charge in [0.2, 0.25) is 11.8 Å². The van der Waals surface area contributed by atoms with Crippen LogP contribution in [-0.2, 0) is 16.0 Å². The number of hydrogen-bond acceptors (Lipinski definition) is 3. The molecule has 136 valence electrons. The molecule has 0 aliphatic heterocycles. The van der Waals surface area contributed by atoms with Crippen LogP contribution >= 0.6 is 11.3 Å². The van der Waals surface area contributed by atoms with E-state index in [-0.39, 0.29) is 11.8 Å². The molecule has 0 aliphatic carbocycles. The van der Waals surface area contributed by atoms with E-state index in [9.17, 15) is 9.59 Å². The van der Waals surface area contributed by atoms with E-state index in [4.69, 9.17) is 0 Å². The lowest BCUT2D eigenvalue weighted by atomic mass is 10.1. The van der Waals surface area contributed by atoms with Gasteiger partial charge in [-0.05, 0) is 41.5 Å². The van der Waals surface area contributed by atoms with Crippen molar-refractivity contribution in [3.63, 3.8) is 0 Å². The zero-order valence-corrected chi connectivity index (χ0v) is 15.8. The van der Waals surface area contributed by atoms with Gasteiger partial charge in [-0.15, -0.1) is 11.3 Å². The molecule has 0 bridgehead atoms. The van der Waals surface area contributed by atoms with Gasteiger partial charge in [0.05, 0.1) is 6.42 Å². The first kappa shape index (κ1) is 18.6. The number of hydrogen-bond donors (Lipinski definition) is 2. The molecule has 4 nitrogen and oxygen atoms in total. The van der Waals surface area contributed by atoms with Crippen molar-refractivity contribution in [3.8, 4) is 10.4 Å². The Bertz CT molecular complexity index is 944. The van der Waals surface area contributed by atoms with Crippen molar-refractivity contribution in [2.75, 3.05) is 12.4 Å². The standard InChI is InChI=1S/C22H20N2O2S/c1-23-22(26)15-16-7-9-18(10-8-16)24-21(25)14-12-19-11-13-20(27-19)17-5-3-2-4-6-17/h2-14H,15H2,1H3,(H,23,26)(H,24,25)/b14-12+. The number of amides is 2. The van der Waals surface area contributed by atoms with E-state index in [1.165, 1.54) is 16.5 Å². The predicted molar refractivity (Wildman–Crippen MR) is 112 cm³/mol. The smallest absolute Gasteiger partial charge is 0.248 e. The second-order valence-electron chi connectivity index (χ2n) is 5.94. The Kier molecular flexibility index (Phi) is 6.18. The van der Waals surface area contributed by atoms with E-state index >= 15 is 0 Å². The van der Waals surface area contributed by atoms with Crippen molar-refractivity contribution < 1.29 is 9.59 Å². The Hall–Kier alpha value is -3.18. The van der Waals surface area contributed by atoms with Crippen molar-refractivity contribution in [3.05, 3.63) is 83.2 Å². The van der Waals surface area contributed by atoms with Crippen molar-refractivity contribution in [1.82, 2.24) is 5.32 Å². The maximum atomic E-state index is 12.1.